The normalized spacial score (nSPS) is 10.6. The van der Waals surface area contributed by atoms with Crippen LogP contribution in [0.15, 0.2) is 84.0 Å². The fourth-order valence-corrected chi connectivity index (χ4v) is 3.46. The number of amides is 1. The average Bonchev–Trinajstić information content (AvgIpc) is 2.81. The maximum Gasteiger partial charge on any atom is 0.234 e. The lowest BCUT2D eigenvalue weighted by atomic mass is 10.0. The van der Waals surface area contributed by atoms with E-state index in [4.69, 9.17) is 0 Å². The summed E-state index contributed by atoms with van der Waals surface area (Å²) in [5.41, 5.74) is 2.79. The first kappa shape index (κ1) is 20.6. The molecule has 1 N–H and O–H groups in total. The third kappa shape index (κ3) is 5.10. The molecule has 0 radical (unpaired) electrons. The summed E-state index contributed by atoms with van der Waals surface area (Å²) in [6.07, 6.45) is 0. The van der Waals surface area contributed by atoms with Crippen LogP contribution < -0.4 is 5.32 Å². The van der Waals surface area contributed by atoms with Gasteiger partial charge in [0.2, 0.25) is 11.1 Å². The number of nitrogens with one attached hydrogen (secondary N) is 1. The van der Waals surface area contributed by atoms with E-state index in [0.29, 0.717) is 16.5 Å². The lowest BCUT2D eigenvalue weighted by Crippen LogP contribution is -2.15. The number of thioether (sulfide) groups is 1. The van der Waals surface area contributed by atoms with Crippen molar-refractivity contribution in [1.82, 2.24) is 15.2 Å². The Balaban J connectivity index is 1.55. The highest BCUT2D eigenvalue weighted by Crippen LogP contribution is 2.29. The van der Waals surface area contributed by atoms with Gasteiger partial charge in [-0.1, -0.05) is 72.4 Å². The number of aromatic nitrogens is 3. The molecular weight excluding hydrogens is 418 g/mol. The van der Waals surface area contributed by atoms with Gasteiger partial charge in [0, 0.05) is 17.2 Å². The van der Waals surface area contributed by atoms with Crippen LogP contribution >= 0.6 is 11.8 Å². The molecule has 154 valence electrons. The monoisotopic (exact) mass is 434 g/mol. The predicted molar refractivity (Wildman–Crippen MR) is 116 cm³/mol. The van der Waals surface area contributed by atoms with Gasteiger partial charge in [-0.25, -0.2) is 13.8 Å². The third-order valence-corrected chi connectivity index (χ3v) is 5.13. The van der Waals surface area contributed by atoms with Crippen molar-refractivity contribution in [1.29, 1.82) is 0 Å². The van der Waals surface area contributed by atoms with Crippen LogP contribution in [0.1, 0.15) is 0 Å². The molecule has 0 aliphatic heterocycles. The number of hydrogen-bond donors (Lipinski definition) is 1. The Kier molecular flexibility index (Phi) is 6.28. The molecule has 1 aromatic heterocycles. The highest BCUT2D eigenvalue weighted by Gasteiger charge is 2.15. The number of halogens is 2. The highest BCUT2D eigenvalue weighted by molar-refractivity contribution is 7.99. The van der Waals surface area contributed by atoms with Crippen LogP contribution in [-0.4, -0.2) is 26.8 Å². The Morgan fingerprint density at radius 2 is 1.48 bits per heavy atom. The molecule has 0 saturated carbocycles. The minimum Gasteiger partial charge on any atom is -0.323 e. The van der Waals surface area contributed by atoms with Gasteiger partial charge in [-0.2, -0.15) is 0 Å². The van der Waals surface area contributed by atoms with Crippen molar-refractivity contribution < 1.29 is 13.6 Å². The molecule has 0 saturated heterocycles. The molecule has 4 rings (SSSR count). The standard InChI is InChI=1S/C23H16F2N4OS/c24-17-11-12-18(25)19(13-17)26-20(30)14-31-23-27-21(15-7-3-1-4-8-15)22(28-29-23)16-9-5-2-6-10-16/h1-13H,14H2,(H,26,30). The summed E-state index contributed by atoms with van der Waals surface area (Å²) in [5.74, 6) is -1.94. The SMILES string of the molecule is O=C(CSc1nnc(-c2ccccc2)c(-c2ccccc2)n1)Nc1cc(F)ccc1F. The first-order valence-electron chi connectivity index (χ1n) is 9.33. The van der Waals surface area contributed by atoms with Gasteiger partial charge in [-0.3, -0.25) is 4.79 Å². The van der Waals surface area contributed by atoms with Gasteiger partial charge < -0.3 is 5.32 Å². The predicted octanol–water partition coefficient (Wildman–Crippen LogP) is 5.21. The van der Waals surface area contributed by atoms with E-state index >= 15 is 0 Å². The van der Waals surface area contributed by atoms with Gasteiger partial charge >= 0.3 is 0 Å². The number of benzene rings is 3. The number of carbonyl (C=O) groups is 1. The molecule has 8 heteroatoms. The van der Waals surface area contributed by atoms with Crippen LogP contribution in [0, 0.1) is 11.6 Å². The summed E-state index contributed by atoms with van der Waals surface area (Å²) in [6.45, 7) is 0. The van der Waals surface area contributed by atoms with Crippen LogP contribution in [-0.2, 0) is 4.79 Å². The summed E-state index contributed by atoms with van der Waals surface area (Å²) >= 11 is 1.06. The molecule has 0 aliphatic rings. The van der Waals surface area contributed by atoms with Crippen molar-refractivity contribution in [2.24, 2.45) is 0 Å². The first-order valence-corrected chi connectivity index (χ1v) is 10.3. The molecule has 3 aromatic carbocycles. The maximum absolute atomic E-state index is 13.7. The topological polar surface area (TPSA) is 67.8 Å². The minimum atomic E-state index is -0.712. The van der Waals surface area contributed by atoms with E-state index in [2.05, 4.69) is 20.5 Å². The zero-order chi connectivity index (χ0) is 21.6. The molecular formula is C23H16F2N4OS. The van der Waals surface area contributed by atoms with E-state index in [9.17, 15) is 13.6 Å². The summed E-state index contributed by atoms with van der Waals surface area (Å²) in [5, 5.41) is 11.1. The molecule has 5 nitrogen and oxygen atoms in total. The fraction of sp³-hybridized carbons (Fsp3) is 0.0435. The zero-order valence-electron chi connectivity index (χ0n) is 16.1. The van der Waals surface area contributed by atoms with Crippen LogP contribution in [0.3, 0.4) is 0 Å². The number of carbonyl (C=O) groups excluding carboxylic acids is 1. The van der Waals surface area contributed by atoms with Crippen LogP contribution in [0.5, 0.6) is 0 Å². The first-order chi connectivity index (χ1) is 15.1. The number of anilines is 1. The van der Waals surface area contributed by atoms with Gasteiger partial charge in [0.05, 0.1) is 11.4 Å². The average molecular weight is 434 g/mol. The van der Waals surface area contributed by atoms with Crippen LogP contribution in [0.2, 0.25) is 0 Å². The summed E-state index contributed by atoms with van der Waals surface area (Å²) < 4.78 is 27.0. The number of hydrogen-bond acceptors (Lipinski definition) is 5. The van der Waals surface area contributed by atoms with Crippen molar-refractivity contribution in [3.63, 3.8) is 0 Å². The minimum absolute atomic E-state index is 0.0868. The Bertz CT molecular complexity index is 1210. The van der Waals surface area contributed by atoms with E-state index in [-0.39, 0.29) is 11.4 Å². The van der Waals surface area contributed by atoms with Gasteiger partial charge in [0.25, 0.3) is 0 Å². The summed E-state index contributed by atoms with van der Waals surface area (Å²) in [4.78, 5) is 16.8. The van der Waals surface area contributed by atoms with E-state index in [1.807, 2.05) is 60.7 Å². The molecule has 0 spiro atoms. The smallest absolute Gasteiger partial charge is 0.234 e. The van der Waals surface area contributed by atoms with E-state index in [1.54, 1.807) is 0 Å². The number of rotatable bonds is 6. The van der Waals surface area contributed by atoms with Crippen molar-refractivity contribution >= 4 is 23.4 Å². The van der Waals surface area contributed by atoms with Crippen LogP contribution in [0.4, 0.5) is 14.5 Å². The third-order valence-electron chi connectivity index (χ3n) is 4.30. The maximum atomic E-state index is 13.7. The Morgan fingerprint density at radius 1 is 0.839 bits per heavy atom. The van der Waals surface area contributed by atoms with Gasteiger partial charge in [-0.15, -0.1) is 10.2 Å². The summed E-state index contributed by atoms with van der Waals surface area (Å²) in [6, 6.07) is 22.0. The molecule has 0 bridgehead atoms. The second-order valence-electron chi connectivity index (χ2n) is 6.48. The van der Waals surface area contributed by atoms with Gasteiger partial charge in [0.15, 0.2) is 0 Å². The quantitative estimate of drug-likeness (QED) is 0.422. The second-order valence-corrected chi connectivity index (χ2v) is 7.43. The molecule has 31 heavy (non-hydrogen) atoms. The molecule has 0 atom stereocenters. The highest BCUT2D eigenvalue weighted by atomic mass is 32.2. The Labute approximate surface area is 181 Å². The van der Waals surface area contributed by atoms with Crippen molar-refractivity contribution in [3.8, 4) is 22.5 Å². The molecule has 0 fully saturated rings. The fourth-order valence-electron chi connectivity index (χ4n) is 2.87. The van der Waals surface area contributed by atoms with Crippen LogP contribution in [0.25, 0.3) is 22.5 Å². The molecule has 0 unspecified atom stereocenters. The molecule has 1 amide bonds. The Hall–Kier alpha value is -3.65. The second kappa shape index (κ2) is 9.44. The largest absolute Gasteiger partial charge is 0.323 e. The van der Waals surface area contributed by atoms with Gasteiger partial charge in [-0.05, 0) is 12.1 Å². The molecule has 0 aliphatic carbocycles. The molecule has 1 heterocycles. The van der Waals surface area contributed by atoms with Crippen molar-refractivity contribution in [3.05, 3.63) is 90.5 Å². The molecule has 4 aromatic rings. The lowest BCUT2D eigenvalue weighted by molar-refractivity contribution is -0.113. The van der Waals surface area contributed by atoms with Gasteiger partial charge in [0.1, 0.15) is 23.0 Å². The van der Waals surface area contributed by atoms with E-state index in [1.165, 1.54) is 0 Å². The van der Waals surface area contributed by atoms with Crippen molar-refractivity contribution in [2.75, 3.05) is 11.1 Å². The lowest BCUT2D eigenvalue weighted by Gasteiger charge is -2.10. The van der Waals surface area contributed by atoms with E-state index < -0.39 is 17.5 Å². The van der Waals surface area contributed by atoms with E-state index in [0.717, 1.165) is 41.1 Å². The Morgan fingerprint density at radius 3 is 2.16 bits per heavy atom. The van der Waals surface area contributed by atoms with Crippen molar-refractivity contribution in [2.45, 2.75) is 5.16 Å². The number of nitrogens with zero attached hydrogens (tertiary/aromatic N) is 3. The zero-order valence-corrected chi connectivity index (χ0v) is 16.9. The summed E-state index contributed by atoms with van der Waals surface area (Å²) in [7, 11) is 0.